The lowest BCUT2D eigenvalue weighted by molar-refractivity contribution is 0.0696. The van der Waals surface area contributed by atoms with E-state index in [0.717, 1.165) is 38.9 Å². The second-order valence-corrected chi connectivity index (χ2v) is 10.1. The molecular formula is C24H20ClNO4S. The molecule has 0 saturated carbocycles. The minimum atomic E-state index is -3.26. The quantitative estimate of drug-likeness (QED) is 0.418. The predicted molar refractivity (Wildman–Crippen MR) is 123 cm³/mol. The highest BCUT2D eigenvalue weighted by atomic mass is 35.5. The number of aromatic amines is 1. The van der Waals surface area contributed by atoms with Crippen LogP contribution in [0.4, 0.5) is 0 Å². The Labute approximate surface area is 185 Å². The molecule has 0 amide bonds. The Hall–Kier alpha value is -3.09. The minimum absolute atomic E-state index is 0.260. The fourth-order valence-electron chi connectivity index (χ4n) is 3.64. The van der Waals surface area contributed by atoms with E-state index < -0.39 is 15.8 Å². The first kappa shape index (κ1) is 21.2. The predicted octanol–water partition coefficient (Wildman–Crippen LogP) is 5.49. The van der Waals surface area contributed by atoms with Gasteiger partial charge in [0.05, 0.1) is 15.5 Å². The molecule has 158 valence electrons. The van der Waals surface area contributed by atoms with Crippen LogP contribution in [0.1, 0.15) is 27.2 Å². The second kappa shape index (κ2) is 7.87. The number of carbonyl (C=O) groups is 1. The Morgan fingerprint density at radius 3 is 2.39 bits per heavy atom. The average Bonchev–Trinajstić information content (AvgIpc) is 3.09. The highest BCUT2D eigenvalue weighted by Gasteiger charge is 2.12. The molecule has 4 rings (SSSR count). The third-order valence-corrected chi connectivity index (χ3v) is 6.73. The van der Waals surface area contributed by atoms with Gasteiger partial charge in [-0.05, 0) is 60.0 Å². The van der Waals surface area contributed by atoms with Crippen LogP contribution in [0.15, 0.2) is 65.6 Å². The van der Waals surface area contributed by atoms with Gasteiger partial charge < -0.3 is 10.1 Å². The third kappa shape index (κ3) is 4.36. The SMILES string of the molecule is Cc1ccc(Cc2cc3cc(-c4ccc(S(C)(=O)=O)cc4)c(Cl)cc3[nH]2)cc1C(=O)O. The maximum Gasteiger partial charge on any atom is 0.335 e. The number of aryl methyl sites for hydroxylation is 1. The molecule has 0 spiro atoms. The fraction of sp³-hybridized carbons (Fsp3) is 0.125. The Balaban J connectivity index is 1.68. The van der Waals surface area contributed by atoms with E-state index in [1.54, 1.807) is 37.3 Å². The molecule has 0 unspecified atom stereocenters. The Morgan fingerprint density at radius 2 is 1.74 bits per heavy atom. The van der Waals surface area contributed by atoms with Crippen molar-refractivity contribution < 1.29 is 18.3 Å². The van der Waals surface area contributed by atoms with Crippen molar-refractivity contribution in [2.45, 2.75) is 18.2 Å². The normalized spacial score (nSPS) is 11.7. The molecule has 31 heavy (non-hydrogen) atoms. The molecule has 0 aliphatic carbocycles. The summed E-state index contributed by atoms with van der Waals surface area (Å²) in [6.07, 6.45) is 1.74. The number of aromatic nitrogens is 1. The number of benzene rings is 3. The van der Waals surface area contributed by atoms with Crippen molar-refractivity contribution in [3.63, 3.8) is 0 Å². The van der Waals surface area contributed by atoms with Crippen molar-refractivity contribution in [3.8, 4) is 11.1 Å². The Kier molecular flexibility index (Phi) is 5.37. The molecule has 5 nitrogen and oxygen atoms in total. The maximum absolute atomic E-state index is 11.7. The van der Waals surface area contributed by atoms with Gasteiger partial charge >= 0.3 is 5.97 Å². The lowest BCUT2D eigenvalue weighted by atomic mass is 10.0. The van der Waals surface area contributed by atoms with Crippen molar-refractivity contribution in [2.24, 2.45) is 0 Å². The summed E-state index contributed by atoms with van der Waals surface area (Å²) in [5.41, 5.74) is 5.38. The topological polar surface area (TPSA) is 87.2 Å². The first-order valence-corrected chi connectivity index (χ1v) is 11.8. The number of halogens is 1. The van der Waals surface area contributed by atoms with Crippen molar-refractivity contribution in [1.29, 1.82) is 0 Å². The van der Waals surface area contributed by atoms with Crippen LogP contribution in [0.25, 0.3) is 22.0 Å². The van der Waals surface area contributed by atoms with Crippen molar-refractivity contribution >= 4 is 38.3 Å². The monoisotopic (exact) mass is 453 g/mol. The van der Waals surface area contributed by atoms with E-state index in [0.29, 0.717) is 17.0 Å². The van der Waals surface area contributed by atoms with Crippen LogP contribution in [0.5, 0.6) is 0 Å². The van der Waals surface area contributed by atoms with Gasteiger partial charge in [0.25, 0.3) is 0 Å². The number of H-pyrrole nitrogens is 1. The van der Waals surface area contributed by atoms with Gasteiger partial charge in [-0.1, -0.05) is 35.9 Å². The van der Waals surface area contributed by atoms with Gasteiger partial charge in [-0.2, -0.15) is 0 Å². The van der Waals surface area contributed by atoms with Gasteiger partial charge in [-0.15, -0.1) is 0 Å². The molecule has 0 saturated heterocycles. The van der Waals surface area contributed by atoms with Crippen molar-refractivity contribution in [3.05, 3.63) is 88.1 Å². The first-order valence-electron chi connectivity index (χ1n) is 9.56. The smallest absolute Gasteiger partial charge is 0.335 e. The number of hydrogen-bond acceptors (Lipinski definition) is 3. The number of carboxylic acids is 1. The molecule has 0 aliphatic heterocycles. The van der Waals surface area contributed by atoms with Crippen molar-refractivity contribution in [1.82, 2.24) is 4.98 Å². The zero-order chi connectivity index (χ0) is 22.3. The first-order chi connectivity index (χ1) is 14.6. The molecule has 0 aliphatic rings. The van der Waals surface area contributed by atoms with Crippen molar-refractivity contribution in [2.75, 3.05) is 6.26 Å². The Bertz CT molecular complexity index is 1420. The van der Waals surface area contributed by atoms with E-state index in [1.165, 1.54) is 6.26 Å². The second-order valence-electron chi connectivity index (χ2n) is 7.64. The van der Waals surface area contributed by atoms with E-state index in [-0.39, 0.29) is 4.90 Å². The van der Waals surface area contributed by atoms with E-state index in [9.17, 15) is 18.3 Å². The van der Waals surface area contributed by atoms with Crippen LogP contribution >= 0.6 is 11.6 Å². The minimum Gasteiger partial charge on any atom is -0.478 e. The molecule has 0 fully saturated rings. The number of fused-ring (bicyclic) bond motifs is 1. The number of nitrogens with one attached hydrogen (secondary N) is 1. The van der Waals surface area contributed by atoms with Crippen LogP contribution in [-0.4, -0.2) is 30.7 Å². The summed E-state index contributed by atoms with van der Waals surface area (Å²) in [6, 6.07) is 17.9. The molecule has 0 radical (unpaired) electrons. The molecule has 0 bridgehead atoms. The number of sulfone groups is 1. The van der Waals surface area contributed by atoms with Crippen LogP contribution in [0, 0.1) is 6.92 Å². The molecule has 2 N–H and O–H groups in total. The van der Waals surface area contributed by atoms with Gasteiger partial charge in [0, 0.05) is 34.8 Å². The van der Waals surface area contributed by atoms with Crippen LogP contribution in [0.2, 0.25) is 5.02 Å². The standard InChI is InChI=1S/C24H20ClNO4S/c1-14-3-4-15(10-20(14)24(27)28)9-18-11-17-12-21(22(25)13-23(17)26-18)16-5-7-19(8-6-16)31(2,29)30/h3-8,10-13,26H,9H2,1-2H3,(H,27,28). The lowest BCUT2D eigenvalue weighted by Crippen LogP contribution is -2.01. The summed E-state index contributed by atoms with van der Waals surface area (Å²) < 4.78 is 23.4. The lowest BCUT2D eigenvalue weighted by Gasteiger charge is -2.06. The molecule has 3 aromatic carbocycles. The maximum atomic E-state index is 11.7. The molecule has 4 aromatic rings. The van der Waals surface area contributed by atoms with Gasteiger partial charge in [-0.3, -0.25) is 0 Å². The van der Waals surface area contributed by atoms with Gasteiger partial charge in [0.2, 0.25) is 0 Å². The molecule has 7 heteroatoms. The zero-order valence-corrected chi connectivity index (χ0v) is 18.5. The molecule has 1 aromatic heterocycles. The molecular weight excluding hydrogens is 434 g/mol. The number of carboxylic acid groups (broad SMARTS) is 1. The molecule has 1 heterocycles. The van der Waals surface area contributed by atoms with E-state index >= 15 is 0 Å². The third-order valence-electron chi connectivity index (χ3n) is 5.28. The largest absolute Gasteiger partial charge is 0.478 e. The summed E-state index contributed by atoms with van der Waals surface area (Å²) >= 11 is 6.51. The summed E-state index contributed by atoms with van der Waals surface area (Å²) in [7, 11) is -3.26. The summed E-state index contributed by atoms with van der Waals surface area (Å²) in [5, 5.41) is 10.9. The molecule has 0 atom stereocenters. The highest BCUT2D eigenvalue weighted by Crippen LogP contribution is 2.33. The van der Waals surface area contributed by atoms with Gasteiger partial charge in [-0.25, -0.2) is 13.2 Å². The highest BCUT2D eigenvalue weighted by molar-refractivity contribution is 7.90. The van der Waals surface area contributed by atoms with Gasteiger partial charge in [0.1, 0.15) is 0 Å². The summed E-state index contributed by atoms with van der Waals surface area (Å²) in [4.78, 5) is 15.0. The van der Waals surface area contributed by atoms with Crippen LogP contribution in [0.3, 0.4) is 0 Å². The zero-order valence-electron chi connectivity index (χ0n) is 16.9. The summed E-state index contributed by atoms with van der Waals surface area (Å²) in [6.45, 7) is 1.78. The average molecular weight is 454 g/mol. The van der Waals surface area contributed by atoms with Crippen LogP contribution < -0.4 is 0 Å². The van der Waals surface area contributed by atoms with Gasteiger partial charge in [0.15, 0.2) is 9.84 Å². The van der Waals surface area contributed by atoms with Crippen LogP contribution in [-0.2, 0) is 16.3 Å². The number of aromatic carboxylic acids is 1. The Morgan fingerprint density at radius 1 is 1.03 bits per heavy atom. The fourth-order valence-corrected chi connectivity index (χ4v) is 4.55. The van der Waals surface area contributed by atoms with E-state index in [2.05, 4.69) is 4.98 Å². The number of hydrogen-bond donors (Lipinski definition) is 2. The van der Waals surface area contributed by atoms with E-state index in [1.807, 2.05) is 30.3 Å². The number of rotatable bonds is 5. The summed E-state index contributed by atoms with van der Waals surface area (Å²) in [5.74, 6) is -0.936. The van der Waals surface area contributed by atoms with E-state index in [4.69, 9.17) is 11.6 Å².